The van der Waals surface area contributed by atoms with Gasteiger partial charge in [0.05, 0.1) is 12.5 Å². The van der Waals surface area contributed by atoms with Crippen LogP contribution in [0.25, 0.3) is 0 Å². The molecule has 238 valence electrons. The fourth-order valence-corrected chi connectivity index (χ4v) is 5.72. The van der Waals surface area contributed by atoms with Crippen molar-refractivity contribution >= 4 is 5.97 Å². The van der Waals surface area contributed by atoms with Gasteiger partial charge in [-0.25, -0.2) is 0 Å². The van der Waals surface area contributed by atoms with E-state index in [9.17, 15) is 4.79 Å². The van der Waals surface area contributed by atoms with Crippen LogP contribution in [-0.2, 0) is 9.53 Å². The van der Waals surface area contributed by atoms with Crippen LogP contribution in [0.15, 0.2) is 12.2 Å². The van der Waals surface area contributed by atoms with Crippen LogP contribution in [0.2, 0.25) is 0 Å². The van der Waals surface area contributed by atoms with Gasteiger partial charge in [-0.3, -0.25) is 4.79 Å². The van der Waals surface area contributed by atoms with E-state index in [-0.39, 0.29) is 11.9 Å². The van der Waals surface area contributed by atoms with Gasteiger partial charge in [-0.1, -0.05) is 181 Å². The summed E-state index contributed by atoms with van der Waals surface area (Å²) in [5, 5.41) is 0. The fraction of sp³-hybridized carbons (Fsp3) is 0.921. The molecule has 0 saturated heterocycles. The van der Waals surface area contributed by atoms with Gasteiger partial charge in [0.15, 0.2) is 0 Å². The fourth-order valence-electron chi connectivity index (χ4n) is 5.72. The molecule has 0 aliphatic rings. The molecular weight excluding hydrogens is 488 g/mol. The van der Waals surface area contributed by atoms with E-state index in [1.165, 1.54) is 173 Å². The average molecular weight is 563 g/mol. The van der Waals surface area contributed by atoms with Gasteiger partial charge in [-0.15, -0.1) is 0 Å². The van der Waals surface area contributed by atoms with Crippen molar-refractivity contribution in [1.29, 1.82) is 0 Å². The molecule has 0 N–H and O–H groups in total. The van der Waals surface area contributed by atoms with Gasteiger partial charge in [0, 0.05) is 0 Å². The molecule has 0 fully saturated rings. The summed E-state index contributed by atoms with van der Waals surface area (Å²) < 4.78 is 5.79. The average Bonchev–Trinajstić information content (AvgIpc) is 2.96. The van der Waals surface area contributed by atoms with Gasteiger partial charge in [0.25, 0.3) is 0 Å². The molecule has 0 heterocycles. The molecular formula is C38H74O2. The first-order valence-corrected chi connectivity index (χ1v) is 18.6. The van der Waals surface area contributed by atoms with Gasteiger partial charge in [-0.05, 0) is 44.9 Å². The summed E-state index contributed by atoms with van der Waals surface area (Å²) in [5.74, 6) is 0.230. The molecule has 2 nitrogen and oxygen atoms in total. The van der Waals surface area contributed by atoms with Crippen LogP contribution >= 0.6 is 0 Å². The van der Waals surface area contributed by atoms with Crippen LogP contribution in [-0.4, -0.2) is 12.6 Å². The zero-order chi connectivity index (χ0) is 29.2. The minimum atomic E-state index is 0.0992. The highest BCUT2D eigenvalue weighted by Gasteiger charge is 2.19. The number of hydrogen-bond acceptors (Lipinski definition) is 2. The van der Waals surface area contributed by atoms with E-state index in [1.54, 1.807) is 0 Å². The second-order valence-corrected chi connectivity index (χ2v) is 12.6. The molecule has 0 saturated carbocycles. The molecule has 0 aliphatic heterocycles. The number of ether oxygens (including phenoxy) is 1. The summed E-state index contributed by atoms with van der Waals surface area (Å²) in [5.41, 5.74) is 0. The van der Waals surface area contributed by atoms with E-state index >= 15 is 0 Å². The summed E-state index contributed by atoms with van der Waals surface area (Å²) in [7, 11) is 0. The third-order valence-corrected chi connectivity index (χ3v) is 8.55. The van der Waals surface area contributed by atoms with Crippen LogP contribution < -0.4 is 0 Å². The van der Waals surface area contributed by atoms with Crippen molar-refractivity contribution < 1.29 is 9.53 Å². The van der Waals surface area contributed by atoms with E-state index in [4.69, 9.17) is 4.74 Å². The third-order valence-electron chi connectivity index (χ3n) is 8.55. The summed E-state index contributed by atoms with van der Waals surface area (Å²) >= 11 is 0. The Morgan fingerprint density at radius 2 is 0.775 bits per heavy atom. The lowest BCUT2D eigenvalue weighted by Gasteiger charge is -2.16. The van der Waals surface area contributed by atoms with Gasteiger partial charge >= 0.3 is 5.97 Å². The van der Waals surface area contributed by atoms with Crippen molar-refractivity contribution in [2.75, 3.05) is 6.61 Å². The normalized spacial score (nSPS) is 12.4. The maximum Gasteiger partial charge on any atom is 0.308 e. The highest BCUT2D eigenvalue weighted by Crippen LogP contribution is 2.21. The Bertz CT molecular complexity index is 512. The molecule has 0 bridgehead atoms. The minimum Gasteiger partial charge on any atom is -0.465 e. The summed E-state index contributed by atoms with van der Waals surface area (Å²) in [6.07, 6.45) is 43.6. The second kappa shape index (κ2) is 34.4. The largest absolute Gasteiger partial charge is 0.465 e. The van der Waals surface area contributed by atoms with Crippen LogP contribution in [0.5, 0.6) is 0 Å². The molecule has 0 aromatic heterocycles. The van der Waals surface area contributed by atoms with E-state index in [0.29, 0.717) is 6.61 Å². The highest BCUT2D eigenvalue weighted by molar-refractivity contribution is 5.72. The first-order valence-electron chi connectivity index (χ1n) is 18.6. The smallest absolute Gasteiger partial charge is 0.308 e. The number of carbonyl (C=O) groups is 1. The van der Waals surface area contributed by atoms with E-state index in [2.05, 4.69) is 32.9 Å². The van der Waals surface area contributed by atoms with Crippen molar-refractivity contribution in [3.63, 3.8) is 0 Å². The SMILES string of the molecule is CCCCCCCCC=CCCCCCCC(CCCCCCCC)C(=O)OCCCCCCCCCCCC. The zero-order valence-corrected chi connectivity index (χ0v) is 28.0. The number of allylic oxidation sites excluding steroid dienone is 2. The summed E-state index contributed by atoms with van der Waals surface area (Å²) in [6.45, 7) is 7.47. The van der Waals surface area contributed by atoms with Crippen molar-refractivity contribution in [2.45, 2.75) is 213 Å². The Kier molecular flexibility index (Phi) is 33.7. The predicted octanol–water partition coefficient (Wildman–Crippen LogP) is 13.5. The number of hydrogen-bond donors (Lipinski definition) is 0. The monoisotopic (exact) mass is 563 g/mol. The number of rotatable bonds is 33. The number of esters is 1. The van der Waals surface area contributed by atoms with E-state index in [1.807, 2.05) is 0 Å². The zero-order valence-electron chi connectivity index (χ0n) is 28.0. The number of carbonyl (C=O) groups excluding carboxylic acids is 1. The van der Waals surface area contributed by atoms with Gasteiger partial charge in [0.2, 0.25) is 0 Å². The van der Waals surface area contributed by atoms with Crippen LogP contribution in [0.3, 0.4) is 0 Å². The van der Waals surface area contributed by atoms with Crippen molar-refractivity contribution in [1.82, 2.24) is 0 Å². The topological polar surface area (TPSA) is 26.3 Å². The summed E-state index contributed by atoms with van der Waals surface area (Å²) in [4.78, 5) is 12.9. The molecule has 1 unspecified atom stereocenters. The van der Waals surface area contributed by atoms with Gasteiger partial charge < -0.3 is 4.74 Å². The van der Waals surface area contributed by atoms with Crippen LogP contribution in [0, 0.1) is 5.92 Å². The lowest BCUT2D eigenvalue weighted by atomic mass is 9.94. The third kappa shape index (κ3) is 30.2. The molecule has 2 heteroatoms. The minimum absolute atomic E-state index is 0.0992. The quantitative estimate of drug-likeness (QED) is 0.0451. The first kappa shape index (κ1) is 39.2. The highest BCUT2D eigenvalue weighted by atomic mass is 16.5. The van der Waals surface area contributed by atoms with Gasteiger partial charge in [-0.2, -0.15) is 0 Å². The van der Waals surface area contributed by atoms with Crippen molar-refractivity contribution in [3.05, 3.63) is 12.2 Å². The van der Waals surface area contributed by atoms with E-state index in [0.717, 1.165) is 19.3 Å². The molecule has 0 amide bonds. The first-order chi connectivity index (χ1) is 19.8. The number of unbranched alkanes of at least 4 members (excludes halogenated alkanes) is 24. The Hall–Kier alpha value is -0.790. The molecule has 0 radical (unpaired) electrons. The van der Waals surface area contributed by atoms with Gasteiger partial charge in [0.1, 0.15) is 0 Å². The van der Waals surface area contributed by atoms with E-state index < -0.39 is 0 Å². The molecule has 0 spiro atoms. The lowest BCUT2D eigenvalue weighted by molar-refractivity contribution is -0.149. The van der Waals surface area contributed by atoms with Crippen molar-refractivity contribution in [3.8, 4) is 0 Å². The Labute approximate surface area is 253 Å². The molecule has 0 aliphatic carbocycles. The van der Waals surface area contributed by atoms with Crippen molar-refractivity contribution in [2.24, 2.45) is 5.92 Å². The lowest BCUT2D eigenvalue weighted by Crippen LogP contribution is -2.18. The Balaban J connectivity index is 3.98. The van der Waals surface area contributed by atoms with Crippen LogP contribution in [0.4, 0.5) is 0 Å². The Morgan fingerprint density at radius 1 is 0.450 bits per heavy atom. The molecule has 0 aromatic rings. The molecule has 0 aromatic carbocycles. The second-order valence-electron chi connectivity index (χ2n) is 12.6. The summed E-state index contributed by atoms with van der Waals surface area (Å²) in [6, 6.07) is 0. The maximum absolute atomic E-state index is 12.9. The van der Waals surface area contributed by atoms with Crippen LogP contribution in [0.1, 0.15) is 213 Å². The predicted molar refractivity (Wildman–Crippen MR) is 179 cm³/mol. The molecule has 40 heavy (non-hydrogen) atoms. The molecule has 1 atom stereocenters. The maximum atomic E-state index is 12.9. The standard InChI is InChI=1S/C38H74O2/c1-4-7-10-13-16-18-20-21-22-23-24-26-29-32-35-37(34-31-28-15-12-9-6-3)38(39)40-36-33-30-27-25-19-17-14-11-8-5-2/h21-22,37H,4-20,23-36H2,1-3H3. The Morgan fingerprint density at radius 3 is 1.18 bits per heavy atom. The molecule has 0 rings (SSSR count).